The summed E-state index contributed by atoms with van der Waals surface area (Å²) >= 11 is 5.91. The predicted molar refractivity (Wildman–Crippen MR) is 88.3 cm³/mol. The summed E-state index contributed by atoms with van der Waals surface area (Å²) in [4.78, 5) is 10.4. The number of carbonyl (C=O) groups excluding carboxylic acids is 1. The quantitative estimate of drug-likeness (QED) is 0.688. The number of sulfonamides is 1. The summed E-state index contributed by atoms with van der Waals surface area (Å²) in [5.74, 6) is -1.23. The van der Waals surface area contributed by atoms with Crippen LogP contribution in [0.5, 0.6) is 0 Å². The van der Waals surface area contributed by atoms with Gasteiger partial charge < -0.3 is 11.1 Å². The third-order valence-electron chi connectivity index (χ3n) is 2.98. The number of anilines is 1. The standard InChI is InChI=1S/C14H21ClFN3O3S/c1-8(2)4-10(7-17)19-23(21,22)14-5-11(15)13(6-12(14)16)18-9(3)20/h5-6,8,10,19H,4,7,17H2,1-3H3,(H,18,20). The Bertz CT molecular complexity index is 680. The fraction of sp³-hybridized carbons (Fsp3) is 0.500. The van der Waals surface area contributed by atoms with Crippen molar-refractivity contribution in [1.82, 2.24) is 4.72 Å². The molecule has 6 nitrogen and oxygen atoms in total. The van der Waals surface area contributed by atoms with Gasteiger partial charge in [0.2, 0.25) is 15.9 Å². The van der Waals surface area contributed by atoms with E-state index >= 15 is 0 Å². The Balaban J connectivity index is 3.13. The van der Waals surface area contributed by atoms with E-state index in [0.29, 0.717) is 6.42 Å². The molecular weight excluding hydrogens is 345 g/mol. The molecule has 23 heavy (non-hydrogen) atoms. The number of halogens is 2. The van der Waals surface area contributed by atoms with Gasteiger partial charge >= 0.3 is 0 Å². The van der Waals surface area contributed by atoms with Crippen molar-refractivity contribution >= 4 is 33.2 Å². The van der Waals surface area contributed by atoms with E-state index < -0.39 is 32.7 Å². The molecule has 4 N–H and O–H groups in total. The molecular formula is C14H21ClFN3O3S. The average Bonchev–Trinajstić information content (AvgIpc) is 2.40. The molecule has 0 spiro atoms. The third kappa shape index (κ3) is 5.72. The number of carbonyl (C=O) groups is 1. The molecule has 1 aromatic rings. The van der Waals surface area contributed by atoms with E-state index in [1.165, 1.54) is 6.92 Å². The first-order valence-electron chi connectivity index (χ1n) is 7.05. The Kier molecular flexibility index (Phi) is 6.94. The van der Waals surface area contributed by atoms with Gasteiger partial charge in [0.25, 0.3) is 0 Å². The van der Waals surface area contributed by atoms with Crippen molar-refractivity contribution in [3.63, 3.8) is 0 Å². The van der Waals surface area contributed by atoms with Gasteiger partial charge in [-0.2, -0.15) is 0 Å². The summed E-state index contributed by atoms with van der Waals surface area (Å²) in [5.41, 5.74) is 5.57. The minimum Gasteiger partial charge on any atom is -0.329 e. The highest BCUT2D eigenvalue weighted by Crippen LogP contribution is 2.28. The average molecular weight is 366 g/mol. The van der Waals surface area contributed by atoms with Crippen molar-refractivity contribution in [3.05, 3.63) is 23.0 Å². The van der Waals surface area contributed by atoms with Crippen LogP contribution in [0.15, 0.2) is 17.0 Å². The minimum absolute atomic E-state index is 0.00757. The third-order valence-corrected chi connectivity index (χ3v) is 4.83. The van der Waals surface area contributed by atoms with Gasteiger partial charge in [0.05, 0.1) is 10.7 Å². The number of hydrogen-bond acceptors (Lipinski definition) is 4. The maximum atomic E-state index is 14.1. The topological polar surface area (TPSA) is 101 Å². The van der Waals surface area contributed by atoms with E-state index in [-0.39, 0.29) is 23.2 Å². The van der Waals surface area contributed by atoms with Crippen molar-refractivity contribution in [1.29, 1.82) is 0 Å². The van der Waals surface area contributed by atoms with Crippen LogP contribution in [0.1, 0.15) is 27.2 Å². The van der Waals surface area contributed by atoms with Crippen molar-refractivity contribution < 1.29 is 17.6 Å². The monoisotopic (exact) mass is 365 g/mol. The summed E-state index contributed by atoms with van der Waals surface area (Å²) < 4.78 is 41.2. The van der Waals surface area contributed by atoms with E-state index in [1.807, 2.05) is 13.8 Å². The molecule has 0 saturated heterocycles. The second-order valence-electron chi connectivity index (χ2n) is 5.63. The lowest BCUT2D eigenvalue weighted by Crippen LogP contribution is -2.41. The lowest BCUT2D eigenvalue weighted by atomic mass is 10.1. The van der Waals surface area contributed by atoms with E-state index in [2.05, 4.69) is 10.0 Å². The number of benzene rings is 1. The fourth-order valence-electron chi connectivity index (χ4n) is 2.06. The number of nitrogens with two attached hydrogens (primary N) is 1. The lowest BCUT2D eigenvalue weighted by Gasteiger charge is -2.19. The van der Waals surface area contributed by atoms with Gasteiger partial charge in [0.15, 0.2) is 0 Å². The smallest absolute Gasteiger partial charge is 0.243 e. The van der Waals surface area contributed by atoms with Crippen LogP contribution in [0.2, 0.25) is 5.02 Å². The van der Waals surface area contributed by atoms with Gasteiger partial charge in [-0.1, -0.05) is 25.4 Å². The Hall–Kier alpha value is -1.22. The van der Waals surface area contributed by atoms with E-state index in [0.717, 1.165) is 12.1 Å². The molecule has 0 aliphatic rings. The number of amides is 1. The van der Waals surface area contributed by atoms with Crippen molar-refractivity contribution in [2.75, 3.05) is 11.9 Å². The molecule has 0 radical (unpaired) electrons. The molecule has 0 heterocycles. The molecule has 0 fully saturated rings. The van der Waals surface area contributed by atoms with E-state index in [1.54, 1.807) is 0 Å². The lowest BCUT2D eigenvalue weighted by molar-refractivity contribution is -0.114. The van der Waals surface area contributed by atoms with Crippen LogP contribution in [-0.4, -0.2) is 26.9 Å². The molecule has 0 bridgehead atoms. The van der Waals surface area contributed by atoms with E-state index in [9.17, 15) is 17.6 Å². The van der Waals surface area contributed by atoms with Crippen LogP contribution in [-0.2, 0) is 14.8 Å². The zero-order chi connectivity index (χ0) is 17.8. The molecule has 1 atom stereocenters. The van der Waals surface area contributed by atoms with Gasteiger partial charge in [0, 0.05) is 25.6 Å². The number of rotatable bonds is 7. The molecule has 130 valence electrons. The second-order valence-corrected chi connectivity index (χ2v) is 7.72. The van der Waals surface area contributed by atoms with Crippen LogP contribution in [0.4, 0.5) is 10.1 Å². The number of nitrogens with one attached hydrogen (secondary N) is 2. The first-order valence-corrected chi connectivity index (χ1v) is 8.92. The van der Waals surface area contributed by atoms with Gasteiger partial charge in [-0.05, 0) is 18.4 Å². The molecule has 0 saturated carbocycles. The SMILES string of the molecule is CC(=O)Nc1cc(F)c(S(=O)(=O)NC(CN)CC(C)C)cc1Cl. The highest BCUT2D eigenvalue weighted by atomic mass is 35.5. The zero-order valence-electron chi connectivity index (χ0n) is 13.2. The molecule has 1 amide bonds. The molecule has 1 aromatic carbocycles. The van der Waals surface area contributed by atoms with Crippen LogP contribution in [0, 0.1) is 11.7 Å². The summed E-state index contributed by atoms with van der Waals surface area (Å²) in [6.07, 6.45) is 0.523. The van der Waals surface area contributed by atoms with Crippen LogP contribution < -0.4 is 15.8 Å². The highest BCUT2D eigenvalue weighted by Gasteiger charge is 2.25. The van der Waals surface area contributed by atoms with Crippen molar-refractivity contribution in [3.8, 4) is 0 Å². The van der Waals surface area contributed by atoms with Crippen molar-refractivity contribution in [2.24, 2.45) is 11.7 Å². The summed E-state index contributed by atoms with van der Waals surface area (Å²) in [6, 6.07) is 1.33. The first-order chi connectivity index (χ1) is 10.6. The Labute approximate surface area is 140 Å². The molecule has 0 aromatic heterocycles. The first kappa shape index (κ1) is 19.8. The summed E-state index contributed by atoms with van der Waals surface area (Å²) in [7, 11) is -4.12. The summed E-state index contributed by atoms with van der Waals surface area (Å²) in [6.45, 7) is 5.18. The van der Waals surface area contributed by atoms with Crippen LogP contribution in [0.3, 0.4) is 0 Å². The predicted octanol–water partition coefficient (Wildman–Crippen LogP) is 2.09. The Morgan fingerprint density at radius 3 is 2.48 bits per heavy atom. The molecule has 9 heteroatoms. The minimum atomic E-state index is -4.12. The van der Waals surface area contributed by atoms with E-state index in [4.69, 9.17) is 17.3 Å². The summed E-state index contributed by atoms with van der Waals surface area (Å²) in [5, 5.41) is 2.25. The van der Waals surface area contributed by atoms with Gasteiger partial charge in [-0.25, -0.2) is 17.5 Å². The normalized spacial score (nSPS) is 13.2. The number of hydrogen-bond donors (Lipinski definition) is 3. The fourth-order valence-corrected chi connectivity index (χ4v) is 3.69. The maximum absolute atomic E-state index is 14.1. The van der Waals surface area contributed by atoms with Crippen LogP contribution >= 0.6 is 11.6 Å². The Morgan fingerprint density at radius 2 is 2.00 bits per heavy atom. The molecule has 0 aliphatic carbocycles. The maximum Gasteiger partial charge on any atom is 0.243 e. The van der Waals surface area contributed by atoms with Gasteiger partial charge in [-0.3, -0.25) is 4.79 Å². The Morgan fingerprint density at radius 1 is 1.39 bits per heavy atom. The largest absolute Gasteiger partial charge is 0.329 e. The highest BCUT2D eigenvalue weighted by molar-refractivity contribution is 7.89. The second kappa shape index (κ2) is 8.05. The van der Waals surface area contributed by atoms with Gasteiger partial charge in [-0.15, -0.1) is 0 Å². The zero-order valence-corrected chi connectivity index (χ0v) is 14.8. The molecule has 1 rings (SSSR count). The van der Waals surface area contributed by atoms with Crippen LogP contribution in [0.25, 0.3) is 0 Å². The molecule has 1 unspecified atom stereocenters. The molecule has 0 aliphatic heterocycles. The van der Waals surface area contributed by atoms with Crippen molar-refractivity contribution in [2.45, 2.75) is 38.1 Å². The van der Waals surface area contributed by atoms with Gasteiger partial charge in [0.1, 0.15) is 10.7 Å².